The average molecular weight is 360 g/mol. The molecule has 0 radical (unpaired) electrons. The van der Waals surface area contributed by atoms with Crippen molar-refractivity contribution in [2.75, 3.05) is 13.1 Å². The maximum Gasteiger partial charge on any atom is 0.242 e. The van der Waals surface area contributed by atoms with Gasteiger partial charge in [0.05, 0.1) is 18.6 Å². The van der Waals surface area contributed by atoms with Crippen LogP contribution in [0.5, 0.6) is 0 Å². The summed E-state index contributed by atoms with van der Waals surface area (Å²) in [5, 5.41) is 2.69. The molecule has 3 N–H and O–H groups in total. The van der Waals surface area contributed by atoms with Crippen LogP contribution < -0.4 is 11.1 Å². The van der Waals surface area contributed by atoms with Crippen molar-refractivity contribution < 1.29 is 9.59 Å². The van der Waals surface area contributed by atoms with Crippen molar-refractivity contribution >= 4 is 11.8 Å². The van der Waals surface area contributed by atoms with Crippen molar-refractivity contribution in [3.8, 4) is 0 Å². The smallest absolute Gasteiger partial charge is 0.242 e. The number of benzene rings is 1. The van der Waals surface area contributed by atoms with Crippen molar-refractivity contribution in [3.05, 3.63) is 35.4 Å². The van der Waals surface area contributed by atoms with Gasteiger partial charge in [0.15, 0.2) is 0 Å². The number of carbonyl (C=O) groups is 2. The van der Waals surface area contributed by atoms with Gasteiger partial charge in [-0.3, -0.25) is 9.59 Å². The van der Waals surface area contributed by atoms with E-state index in [1.54, 1.807) is 0 Å². The van der Waals surface area contributed by atoms with Gasteiger partial charge in [0, 0.05) is 6.54 Å². The Hall–Kier alpha value is -1.88. The fourth-order valence-electron chi connectivity index (χ4n) is 3.30. The molecule has 1 aromatic carbocycles. The Morgan fingerprint density at radius 3 is 2.38 bits per heavy atom. The zero-order valence-electron chi connectivity index (χ0n) is 16.7. The molecule has 5 nitrogen and oxygen atoms in total. The summed E-state index contributed by atoms with van der Waals surface area (Å²) in [5.41, 5.74) is 8.39. The highest BCUT2D eigenvalue weighted by Crippen LogP contribution is 2.33. The normalized spacial score (nSPS) is 18.9. The zero-order valence-corrected chi connectivity index (χ0v) is 16.7. The molecule has 5 heteroatoms. The van der Waals surface area contributed by atoms with Crippen LogP contribution in [0.1, 0.15) is 64.6 Å². The number of hydrogen-bond donors (Lipinski definition) is 2. The first-order valence-electron chi connectivity index (χ1n) is 9.54. The second kappa shape index (κ2) is 8.21. The summed E-state index contributed by atoms with van der Waals surface area (Å²) < 4.78 is 0. The minimum absolute atomic E-state index is 0.00975. The fraction of sp³-hybridized carbons (Fsp3) is 0.619. The van der Waals surface area contributed by atoms with Gasteiger partial charge in [0.2, 0.25) is 11.8 Å². The van der Waals surface area contributed by atoms with Gasteiger partial charge >= 0.3 is 0 Å². The molecule has 2 amide bonds. The molecule has 144 valence electrons. The van der Waals surface area contributed by atoms with Gasteiger partial charge in [-0.1, -0.05) is 58.9 Å². The van der Waals surface area contributed by atoms with Crippen LogP contribution in [0.4, 0.5) is 0 Å². The van der Waals surface area contributed by atoms with E-state index in [1.807, 2.05) is 18.7 Å². The molecule has 0 bridgehead atoms. The second-order valence-electron chi connectivity index (χ2n) is 8.60. The van der Waals surface area contributed by atoms with Crippen LogP contribution >= 0.6 is 0 Å². The Morgan fingerprint density at radius 2 is 1.85 bits per heavy atom. The minimum atomic E-state index is -0.581. The van der Waals surface area contributed by atoms with Crippen molar-refractivity contribution in [3.63, 3.8) is 0 Å². The standard InChI is InChI=1S/C21H33N3O2/c1-14(2)19(22)20(26)23-13-18(25)24-12-6-7-17(24)15-8-10-16(11-9-15)21(3,4)5/h8-11,14,17,19H,6-7,12-13,22H2,1-5H3,(H,23,26)/t17?,19-/m0/s1. The minimum Gasteiger partial charge on any atom is -0.346 e. The van der Waals surface area contributed by atoms with E-state index >= 15 is 0 Å². The largest absolute Gasteiger partial charge is 0.346 e. The molecule has 1 aliphatic rings. The quantitative estimate of drug-likeness (QED) is 0.849. The molecule has 0 saturated carbocycles. The van der Waals surface area contributed by atoms with Crippen LogP contribution in [0.3, 0.4) is 0 Å². The number of nitrogens with one attached hydrogen (secondary N) is 1. The number of hydrogen-bond acceptors (Lipinski definition) is 3. The van der Waals surface area contributed by atoms with Crippen molar-refractivity contribution in [1.29, 1.82) is 0 Å². The van der Waals surface area contributed by atoms with Crippen molar-refractivity contribution in [2.24, 2.45) is 11.7 Å². The van der Waals surface area contributed by atoms with Gasteiger partial charge in [-0.05, 0) is 35.3 Å². The lowest BCUT2D eigenvalue weighted by Crippen LogP contribution is -2.47. The first-order chi connectivity index (χ1) is 12.1. The van der Waals surface area contributed by atoms with E-state index in [-0.39, 0.29) is 35.7 Å². The highest BCUT2D eigenvalue weighted by molar-refractivity contribution is 5.87. The molecule has 0 aliphatic carbocycles. The predicted molar refractivity (Wildman–Crippen MR) is 105 cm³/mol. The highest BCUT2D eigenvalue weighted by atomic mass is 16.2. The summed E-state index contributed by atoms with van der Waals surface area (Å²) in [7, 11) is 0. The van der Waals surface area contributed by atoms with Crippen LogP contribution in [0.25, 0.3) is 0 Å². The van der Waals surface area contributed by atoms with Gasteiger partial charge in [-0.15, -0.1) is 0 Å². The molecule has 0 aromatic heterocycles. The van der Waals surface area contributed by atoms with Crippen molar-refractivity contribution in [2.45, 2.75) is 65.0 Å². The molecule has 0 spiro atoms. The van der Waals surface area contributed by atoms with E-state index in [2.05, 4.69) is 50.4 Å². The van der Waals surface area contributed by atoms with Crippen LogP contribution in [0.2, 0.25) is 0 Å². The summed E-state index contributed by atoms with van der Waals surface area (Å²) >= 11 is 0. The lowest BCUT2D eigenvalue weighted by atomic mass is 9.86. The van der Waals surface area contributed by atoms with E-state index in [4.69, 9.17) is 5.73 Å². The van der Waals surface area contributed by atoms with Crippen LogP contribution in [-0.2, 0) is 15.0 Å². The first-order valence-corrected chi connectivity index (χ1v) is 9.54. The van der Waals surface area contributed by atoms with Gasteiger partial charge < -0.3 is 16.0 Å². The molecule has 1 saturated heterocycles. The lowest BCUT2D eigenvalue weighted by molar-refractivity contribution is -0.134. The molecule has 1 unspecified atom stereocenters. The fourth-order valence-corrected chi connectivity index (χ4v) is 3.30. The average Bonchev–Trinajstić information content (AvgIpc) is 3.07. The van der Waals surface area contributed by atoms with E-state index in [0.29, 0.717) is 0 Å². The first kappa shape index (κ1) is 20.4. The Bertz CT molecular complexity index is 632. The number of carbonyl (C=O) groups excluding carboxylic acids is 2. The molecule has 1 fully saturated rings. The van der Waals surface area contributed by atoms with Crippen LogP contribution in [0, 0.1) is 5.92 Å². The molecule has 26 heavy (non-hydrogen) atoms. The van der Waals surface area contributed by atoms with Crippen LogP contribution in [0.15, 0.2) is 24.3 Å². The van der Waals surface area contributed by atoms with Gasteiger partial charge in [-0.2, -0.15) is 0 Å². The number of nitrogens with two attached hydrogens (primary N) is 1. The highest BCUT2D eigenvalue weighted by Gasteiger charge is 2.30. The monoisotopic (exact) mass is 359 g/mol. The summed E-state index contributed by atoms with van der Waals surface area (Å²) in [6, 6.07) is 8.07. The number of nitrogens with zero attached hydrogens (tertiary/aromatic N) is 1. The summed E-state index contributed by atoms with van der Waals surface area (Å²) in [4.78, 5) is 26.5. The summed E-state index contributed by atoms with van der Waals surface area (Å²) in [5.74, 6) is -0.263. The summed E-state index contributed by atoms with van der Waals surface area (Å²) in [6.45, 7) is 11.1. The van der Waals surface area contributed by atoms with E-state index in [0.717, 1.165) is 24.9 Å². The predicted octanol–water partition coefficient (Wildman–Crippen LogP) is 2.75. The third-order valence-electron chi connectivity index (χ3n) is 5.17. The SMILES string of the molecule is CC(C)[C@H](N)C(=O)NCC(=O)N1CCCC1c1ccc(C(C)(C)C)cc1. The lowest BCUT2D eigenvalue weighted by Gasteiger charge is -2.27. The Balaban J connectivity index is 2.01. The Kier molecular flexibility index (Phi) is 6.45. The molecule has 1 aliphatic heterocycles. The molecule has 1 heterocycles. The second-order valence-corrected chi connectivity index (χ2v) is 8.60. The van der Waals surface area contributed by atoms with Crippen LogP contribution in [-0.4, -0.2) is 35.8 Å². The third kappa shape index (κ3) is 4.85. The molecule has 2 atom stereocenters. The van der Waals surface area contributed by atoms with Crippen molar-refractivity contribution in [1.82, 2.24) is 10.2 Å². The maximum atomic E-state index is 12.6. The zero-order chi connectivity index (χ0) is 19.5. The molecular formula is C21H33N3O2. The Labute approximate surface area is 157 Å². The van der Waals surface area contributed by atoms with Gasteiger partial charge in [0.1, 0.15) is 0 Å². The number of likely N-dealkylation sites (tertiary alicyclic amines) is 1. The number of rotatable bonds is 5. The Morgan fingerprint density at radius 1 is 1.23 bits per heavy atom. The van der Waals surface area contributed by atoms with Gasteiger partial charge in [-0.25, -0.2) is 0 Å². The molecule has 2 rings (SSSR count). The molecule has 1 aromatic rings. The topological polar surface area (TPSA) is 75.4 Å². The maximum absolute atomic E-state index is 12.6. The van der Waals surface area contributed by atoms with E-state index in [9.17, 15) is 9.59 Å². The van der Waals surface area contributed by atoms with Gasteiger partial charge in [0.25, 0.3) is 0 Å². The number of amides is 2. The van der Waals surface area contributed by atoms with E-state index in [1.165, 1.54) is 5.56 Å². The summed E-state index contributed by atoms with van der Waals surface area (Å²) in [6.07, 6.45) is 1.94. The van der Waals surface area contributed by atoms with E-state index < -0.39 is 6.04 Å². The molecular weight excluding hydrogens is 326 g/mol. The third-order valence-corrected chi connectivity index (χ3v) is 5.17.